The average molecular weight is 308 g/mol. The van der Waals surface area contributed by atoms with E-state index in [9.17, 15) is 13.2 Å². The molecule has 0 radical (unpaired) electrons. The molecule has 0 aliphatic carbocycles. The fourth-order valence-corrected chi connectivity index (χ4v) is 3.03. The average Bonchev–Trinajstić information content (AvgIpc) is 2.47. The number of aromatic amines is 1. The second-order valence-corrected chi connectivity index (χ2v) is 5.99. The fraction of sp³-hybridized carbons (Fsp3) is 0.154. The Morgan fingerprint density at radius 2 is 1.86 bits per heavy atom. The largest absolute Gasteiger partial charge is 0.486 e. The summed E-state index contributed by atoms with van der Waals surface area (Å²) < 4.78 is 37.5. The number of rotatable bonds is 3. The van der Waals surface area contributed by atoms with Crippen molar-refractivity contribution >= 4 is 15.7 Å². The van der Waals surface area contributed by atoms with Crippen LogP contribution in [0, 0.1) is 0 Å². The van der Waals surface area contributed by atoms with Gasteiger partial charge in [-0.3, -0.25) is 9.52 Å². The molecule has 1 aliphatic rings. The van der Waals surface area contributed by atoms with Gasteiger partial charge < -0.3 is 14.5 Å². The maximum Gasteiger partial charge on any atom is 0.267 e. The van der Waals surface area contributed by atoms with Crippen molar-refractivity contribution in [2.75, 3.05) is 17.9 Å². The first kappa shape index (κ1) is 13.5. The minimum atomic E-state index is -3.96. The van der Waals surface area contributed by atoms with Crippen LogP contribution >= 0.6 is 0 Å². The first-order valence-electron chi connectivity index (χ1n) is 6.16. The van der Waals surface area contributed by atoms with Gasteiger partial charge in [0.2, 0.25) is 5.43 Å². The molecular formula is C13H12N2O5S. The molecule has 0 bridgehead atoms. The topological polar surface area (TPSA) is 97.5 Å². The van der Waals surface area contributed by atoms with Gasteiger partial charge in [-0.1, -0.05) is 0 Å². The molecule has 2 N–H and O–H groups in total. The molecule has 3 rings (SSSR count). The number of ether oxygens (including phenoxy) is 2. The highest BCUT2D eigenvalue weighted by atomic mass is 32.2. The monoisotopic (exact) mass is 308 g/mol. The smallest absolute Gasteiger partial charge is 0.267 e. The predicted octanol–water partition coefficient (Wildman–Crippen LogP) is 0.947. The van der Waals surface area contributed by atoms with Crippen LogP contribution in [-0.4, -0.2) is 26.6 Å². The number of pyridine rings is 1. The van der Waals surface area contributed by atoms with Gasteiger partial charge in [-0.25, -0.2) is 8.42 Å². The van der Waals surface area contributed by atoms with Crippen molar-refractivity contribution in [2.45, 2.75) is 4.90 Å². The molecule has 7 nitrogen and oxygen atoms in total. The third kappa shape index (κ3) is 2.70. The zero-order chi connectivity index (χ0) is 14.9. The van der Waals surface area contributed by atoms with Crippen molar-refractivity contribution in [3.8, 4) is 11.5 Å². The van der Waals surface area contributed by atoms with Crippen LogP contribution in [0.5, 0.6) is 11.5 Å². The molecule has 1 aromatic heterocycles. The normalized spacial score (nSPS) is 13.7. The van der Waals surface area contributed by atoms with Crippen molar-refractivity contribution in [1.29, 1.82) is 0 Å². The molecule has 0 amide bonds. The van der Waals surface area contributed by atoms with Crippen molar-refractivity contribution < 1.29 is 17.9 Å². The molecule has 21 heavy (non-hydrogen) atoms. The van der Waals surface area contributed by atoms with E-state index in [1.165, 1.54) is 12.3 Å². The van der Waals surface area contributed by atoms with Gasteiger partial charge in [-0.05, 0) is 12.1 Å². The highest BCUT2D eigenvalue weighted by Crippen LogP contribution is 2.33. The fourth-order valence-electron chi connectivity index (χ4n) is 1.93. The third-order valence-electron chi connectivity index (χ3n) is 2.87. The number of anilines is 1. The van der Waals surface area contributed by atoms with Crippen LogP contribution in [0.25, 0.3) is 0 Å². The lowest BCUT2D eigenvalue weighted by atomic mass is 10.3. The van der Waals surface area contributed by atoms with Gasteiger partial charge in [0.25, 0.3) is 10.0 Å². The number of fused-ring (bicyclic) bond motifs is 1. The molecule has 0 fully saturated rings. The zero-order valence-electron chi connectivity index (χ0n) is 10.8. The van der Waals surface area contributed by atoms with E-state index in [-0.39, 0.29) is 4.90 Å². The number of hydrogen-bond acceptors (Lipinski definition) is 5. The quantitative estimate of drug-likeness (QED) is 0.879. The van der Waals surface area contributed by atoms with Crippen LogP contribution in [0.1, 0.15) is 0 Å². The minimum Gasteiger partial charge on any atom is -0.486 e. The second-order valence-electron chi connectivity index (χ2n) is 4.34. The first-order chi connectivity index (χ1) is 10.1. The van der Waals surface area contributed by atoms with Crippen molar-refractivity contribution in [2.24, 2.45) is 0 Å². The SMILES string of the molecule is O=c1cc[nH]cc1S(=O)(=O)Nc1ccc2c(c1)OCCO2. The Balaban J connectivity index is 1.93. The van der Waals surface area contributed by atoms with E-state index in [1.54, 1.807) is 12.1 Å². The number of sulfonamides is 1. The van der Waals surface area contributed by atoms with Crippen LogP contribution in [-0.2, 0) is 10.0 Å². The number of benzene rings is 1. The van der Waals surface area contributed by atoms with Crippen molar-refractivity contribution in [3.05, 3.63) is 46.9 Å². The molecule has 0 saturated carbocycles. The van der Waals surface area contributed by atoms with Crippen LogP contribution < -0.4 is 19.6 Å². The van der Waals surface area contributed by atoms with E-state index in [0.29, 0.717) is 30.4 Å². The molecule has 0 saturated heterocycles. The summed E-state index contributed by atoms with van der Waals surface area (Å²) in [7, 11) is -3.96. The third-order valence-corrected chi connectivity index (χ3v) is 4.27. The maximum absolute atomic E-state index is 12.2. The van der Waals surface area contributed by atoms with Gasteiger partial charge in [0.15, 0.2) is 16.4 Å². The first-order valence-corrected chi connectivity index (χ1v) is 7.64. The van der Waals surface area contributed by atoms with E-state index in [1.807, 2.05) is 0 Å². The van der Waals surface area contributed by atoms with Gasteiger partial charge in [-0.2, -0.15) is 0 Å². The highest BCUT2D eigenvalue weighted by Gasteiger charge is 2.19. The summed E-state index contributed by atoms with van der Waals surface area (Å²) in [5.74, 6) is 1.02. The predicted molar refractivity (Wildman–Crippen MR) is 75.3 cm³/mol. The molecule has 8 heteroatoms. The van der Waals surface area contributed by atoms with Crippen LogP contribution in [0.3, 0.4) is 0 Å². The zero-order valence-corrected chi connectivity index (χ0v) is 11.6. The van der Waals surface area contributed by atoms with Gasteiger partial charge >= 0.3 is 0 Å². The summed E-state index contributed by atoms with van der Waals surface area (Å²) >= 11 is 0. The molecule has 1 aromatic carbocycles. The lowest BCUT2D eigenvalue weighted by Crippen LogP contribution is -2.21. The number of H-pyrrole nitrogens is 1. The van der Waals surface area contributed by atoms with Crippen molar-refractivity contribution in [1.82, 2.24) is 4.98 Å². The van der Waals surface area contributed by atoms with E-state index < -0.39 is 15.5 Å². The molecule has 0 atom stereocenters. The maximum atomic E-state index is 12.2. The summed E-state index contributed by atoms with van der Waals surface area (Å²) in [5, 5.41) is 0. The Labute approximate surface area is 120 Å². The molecule has 2 aromatic rings. The van der Waals surface area contributed by atoms with Crippen LogP contribution in [0.4, 0.5) is 5.69 Å². The molecule has 110 valence electrons. The lowest BCUT2D eigenvalue weighted by Gasteiger charge is -2.19. The van der Waals surface area contributed by atoms with Gasteiger partial charge in [0, 0.05) is 24.5 Å². The highest BCUT2D eigenvalue weighted by molar-refractivity contribution is 7.92. The van der Waals surface area contributed by atoms with E-state index in [0.717, 1.165) is 12.3 Å². The Morgan fingerprint density at radius 1 is 1.10 bits per heavy atom. The Kier molecular flexibility index (Phi) is 3.30. The summed E-state index contributed by atoms with van der Waals surface area (Å²) in [6, 6.07) is 5.82. The van der Waals surface area contributed by atoms with Crippen LogP contribution in [0.2, 0.25) is 0 Å². The summed E-state index contributed by atoms with van der Waals surface area (Å²) in [4.78, 5) is 13.8. The Hall–Kier alpha value is -2.48. The van der Waals surface area contributed by atoms with Gasteiger partial charge in [0.05, 0.1) is 5.69 Å². The Bertz CT molecular complexity index is 828. The van der Waals surface area contributed by atoms with Crippen molar-refractivity contribution in [3.63, 3.8) is 0 Å². The molecule has 1 aliphatic heterocycles. The number of aromatic nitrogens is 1. The standard InChI is InChI=1S/C13H12N2O5S/c16-10-3-4-14-8-13(10)21(17,18)15-9-1-2-11-12(7-9)20-6-5-19-11/h1-4,7-8,15H,5-6H2,(H,14,16). The molecule has 0 spiro atoms. The van der Waals surface area contributed by atoms with E-state index >= 15 is 0 Å². The minimum absolute atomic E-state index is 0.294. The van der Waals surface area contributed by atoms with E-state index in [4.69, 9.17) is 9.47 Å². The van der Waals surface area contributed by atoms with Crippen LogP contribution in [0.15, 0.2) is 46.3 Å². The molecule has 0 unspecified atom stereocenters. The summed E-state index contributed by atoms with van der Waals surface area (Å²) in [6.07, 6.45) is 2.51. The molecular weight excluding hydrogens is 296 g/mol. The number of hydrogen-bond donors (Lipinski definition) is 2. The summed E-state index contributed by atoms with van der Waals surface area (Å²) in [6.45, 7) is 0.860. The molecule has 2 heterocycles. The van der Waals surface area contributed by atoms with Gasteiger partial charge in [0.1, 0.15) is 13.2 Å². The van der Waals surface area contributed by atoms with Gasteiger partial charge in [-0.15, -0.1) is 0 Å². The van der Waals surface area contributed by atoms with E-state index in [2.05, 4.69) is 9.71 Å². The lowest BCUT2D eigenvalue weighted by molar-refractivity contribution is 0.171. The number of nitrogens with one attached hydrogen (secondary N) is 2. The second kappa shape index (κ2) is 5.13. The summed E-state index contributed by atoms with van der Waals surface area (Å²) in [5.41, 5.74) is -0.290. The Morgan fingerprint density at radius 3 is 2.62 bits per heavy atom.